The highest BCUT2D eigenvalue weighted by molar-refractivity contribution is 9.09. The summed E-state index contributed by atoms with van der Waals surface area (Å²) >= 11 is 9.84. The maximum Gasteiger partial charge on any atom is 0.130 e. The van der Waals surface area contributed by atoms with Crippen LogP contribution in [0.5, 0.6) is 0 Å². The standard InChI is InChI=1S/C17H21BrClFO2/c1-10(2)17-8-15(16(3,22-17)7-14(17)18)21-9-11-12(19)5-4-6-13(11)20/h4-6,10,14-15H,7-9H2,1-3H3. The van der Waals surface area contributed by atoms with Gasteiger partial charge in [-0.25, -0.2) is 4.39 Å². The molecule has 0 aliphatic carbocycles. The summed E-state index contributed by atoms with van der Waals surface area (Å²) in [5, 5.41) is 0.408. The highest BCUT2D eigenvalue weighted by Gasteiger charge is 2.65. The third kappa shape index (κ3) is 2.52. The summed E-state index contributed by atoms with van der Waals surface area (Å²) in [6, 6.07) is 4.70. The Labute approximate surface area is 144 Å². The Balaban J connectivity index is 1.75. The minimum absolute atomic E-state index is 0.0422. The molecule has 2 aliphatic heterocycles. The Bertz CT molecular complexity index is 562. The number of hydrogen-bond donors (Lipinski definition) is 0. The summed E-state index contributed by atoms with van der Waals surface area (Å²) < 4.78 is 26.3. The average Bonchev–Trinajstić information content (AvgIpc) is 2.86. The van der Waals surface area contributed by atoms with Crippen molar-refractivity contribution in [3.63, 3.8) is 0 Å². The Morgan fingerprint density at radius 1 is 1.45 bits per heavy atom. The highest BCUT2D eigenvalue weighted by atomic mass is 79.9. The molecular formula is C17H21BrClFO2. The minimum Gasteiger partial charge on any atom is -0.370 e. The zero-order chi connectivity index (χ0) is 16.1. The number of alkyl halides is 1. The van der Waals surface area contributed by atoms with Crippen molar-refractivity contribution in [2.45, 2.75) is 62.4 Å². The normalized spacial score (nSPS) is 37.2. The van der Waals surface area contributed by atoms with Gasteiger partial charge in [0, 0.05) is 21.8 Å². The Morgan fingerprint density at radius 3 is 2.77 bits per heavy atom. The van der Waals surface area contributed by atoms with Gasteiger partial charge in [0.15, 0.2) is 0 Å². The van der Waals surface area contributed by atoms with Gasteiger partial charge in [0.2, 0.25) is 0 Å². The Kier molecular flexibility index (Phi) is 4.35. The van der Waals surface area contributed by atoms with Crippen molar-refractivity contribution in [2.75, 3.05) is 0 Å². The second-order valence-electron chi connectivity index (χ2n) is 6.90. The molecule has 0 amide bonds. The zero-order valence-electron chi connectivity index (χ0n) is 13.0. The fourth-order valence-corrected chi connectivity index (χ4v) is 5.41. The smallest absolute Gasteiger partial charge is 0.130 e. The summed E-state index contributed by atoms with van der Waals surface area (Å²) in [5.74, 6) is 0.0722. The van der Waals surface area contributed by atoms with Crippen LogP contribution in [0.15, 0.2) is 18.2 Å². The van der Waals surface area contributed by atoms with Gasteiger partial charge in [0.05, 0.1) is 23.9 Å². The van der Waals surface area contributed by atoms with Crippen molar-refractivity contribution in [1.29, 1.82) is 0 Å². The van der Waals surface area contributed by atoms with E-state index in [1.54, 1.807) is 12.1 Å². The van der Waals surface area contributed by atoms with Crippen LogP contribution >= 0.6 is 27.5 Å². The number of halogens is 3. The van der Waals surface area contributed by atoms with Gasteiger partial charge in [-0.15, -0.1) is 0 Å². The quantitative estimate of drug-likeness (QED) is 0.664. The molecule has 2 fully saturated rings. The van der Waals surface area contributed by atoms with Crippen LogP contribution in [0.25, 0.3) is 0 Å². The molecule has 3 rings (SSSR count). The van der Waals surface area contributed by atoms with E-state index in [1.807, 2.05) is 0 Å². The van der Waals surface area contributed by atoms with E-state index in [0.717, 1.165) is 12.8 Å². The van der Waals surface area contributed by atoms with Crippen molar-refractivity contribution in [2.24, 2.45) is 5.92 Å². The molecular weight excluding hydrogens is 371 g/mol. The zero-order valence-corrected chi connectivity index (χ0v) is 15.4. The summed E-state index contributed by atoms with van der Waals surface area (Å²) in [5.41, 5.74) is -0.0984. The Hall–Kier alpha value is -0.160. The van der Waals surface area contributed by atoms with Gasteiger partial charge >= 0.3 is 0 Å². The molecule has 2 saturated heterocycles. The van der Waals surface area contributed by atoms with E-state index >= 15 is 0 Å². The van der Waals surface area contributed by atoms with Gasteiger partial charge < -0.3 is 9.47 Å². The second kappa shape index (κ2) is 5.73. The van der Waals surface area contributed by atoms with Crippen molar-refractivity contribution in [3.8, 4) is 0 Å². The fourth-order valence-electron chi connectivity index (χ4n) is 3.75. The maximum atomic E-state index is 13.9. The lowest BCUT2D eigenvalue weighted by atomic mass is 9.75. The van der Waals surface area contributed by atoms with Crippen LogP contribution in [-0.4, -0.2) is 22.1 Å². The van der Waals surface area contributed by atoms with Crippen LogP contribution < -0.4 is 0 Å². The predicted octanol–water partition coefficient (Wildman–Crippen LogP) is 5.11. The van der Waals surface area contributed by atoms with Gasteiger partial charge in [-0.05, 0) is 31.4 Å². The molecule has 2 nitrogen and oxygen atoms in total. The van der Waals surface area contributed by atoms with E-state index in [-0.39, 0.29) is 29.7 Å². The molecule has 0 spiro atoms. The maximum absolute atomic E-state index is 13.9. The van der Waals surface area contributed by atoms with Gasteiger partial charge in [0.1, 0.15) is 5.82 Å². The van der Waals surface area contributed by atoms with E-state index in [0.29, 0.717) is 21.3 Å². The summed E-state index contributed by atoms with van der Waals surface area (Å²) in [6.45, 7) is 6.62. The molecule has 0 saturated carbocycles. The van der Waals surface area contributed by atoms with Crippen molar-refractivity contribution < 1.29 is 13.9 Å². The van der Waals surface area contributed by atoms with Crippen molar-refractivity contribution in [3.05, 3.63) is 34.6 Å². The number of benzene rings is 1. The van der Waals surface area contributed by atoms with Crippen LogP contribution in [0.3, 0.4) is 0 Å². The lowest BCUT2D eigenvalue weighted by Crippen LogP contribution is -2.44. The van der Waals surface area contributed by atoms with E-state index in [4.69, 9.17) is 21.1 Å². The Morgan fingerprint density at radius 2 is 2.18 bits per heavy atom. The first-order chi connectivity index (χ1) is 10.3. The van der Waals surface area contributed by atoms with E-state index < -0.39 is 0 Å². The van der Waals surface area contributed by atoms with Crippen LogP contribution in [-0.2, 0) is 16.1 Å². The first-order valence-corrected chi connectivity index (χ1v) is 8.96. The topological polar surface area (TPSA) is 18.5 Å². The van der Waals surface area contributed by atoms with Gasteiger partial charge in [-0.2, -0.15) is 0 Å². The molecule has 0 N–H and O–H groups in total. The summed E-state index contributed by atoms with van der Waals surface area (Å²) in [4.78, 5) is 0.335. The number of fused-ring (bicyclic) bond motifs is 2. The van der Waals surface area contributed by atoms with Gasteiger partial charge in [-0.1, -0.05) is 47.4 Å². The number of rotatable bonds is 4. The van der Waals surface area contributed by atoms with Crippen molar-refractivity contribution >= 4 is 27.5 Å². The summed E-state index contributed by atoms with van der Waals surface area (Å²) in [7, 11) is 0. The van der Waals surface area contributed by atoms with Crippen LogP contribution in [0.4, 0.5) is 4.39 Å². The molecule has 1 aromatic rings. The first kappa shape index (κ1) is 16.7. The fraction of sp³-hybridized carbons (Fsp3) is 0.647. The van der Waals surface area contributed by atoms with Gasteiger partial charge in [0.25, 0.3) is 0 Å². The lowest BCUT2D eigenvalue weighted by Gasteiger charge is -2.35. The largest absolute Gasteiger partial charge is 0.370 e. The molecule has 2 bridgehead atoms. The third-order valence-corrected chi connectivity index (χ3v) is 6.64. The molecule has 22 heavy (non-hydrogen) atoms. The summed E-state index contributed by atoms with van der Waals surface area (Å²) in [6.07, 6.45) is 1.68. The molecule has 4 atom stereocenters. The van der Waals surface area contributed by atoms with Crippen LogP contribution in [0.1, 0.15) is 39.2 Å². The molecule has 0 aromatic heterocycles. The minimum atomic E-state index is -0.323. The molecule has 2 heterocycles. The highest BCUT2D eigenvalue weighted by Crippen LogP contribution is 2.57. The van der Waals surface area contributed by atoms with Gasteiger partial charge in [-0.3, -0.25) is 0 Å². The molecule has 2 aliphatic rings. The average molecular weight is 392 g/mol. The van der Waals surface area contributed by atoms with Crippen LogP contribution in [0, 0.1) is 11.7 Å². The van der Waals surface area contributed by atoms with E-state index in [1.165, 1.54) is 6.07 Å². The molecule has 5 heteroatoms. The molecule has 1 aromatic carbocycles. The molecule has 4 unspecified atom stereocenters. The third-order valence-electron chi connectivity index (χ3n) is 5.19. The first-order valence-electron chi connectivity index (χ1n) is 7.67. The SMILES string of the molecule is CC(C)C12CC(OCc3c(F)cccc3Cl)C(C)(CC1Br)O2. The van der Waals surface area contributed by atoms with E-state index in [2.05, 4.69) is 36.7 Å². The predicted molar refractivity (Wildman–Crippen MR) is 89.0 cm³/mol. The number of ether oxygens (including phenoxy) is 2. The van der Waals surface area contributed by atoms with E-state index in [9.17, 15) is 4.39 Å². The van der Waals surface area contributed by atoms with Crippen molar-refractivity contribution in [1.82, 2.24) is 0 Å². The monoisotopic (exact) mass is 390 g/mol. The van der Waals surface area contributed by atoms with Crippen LogP contribution in [0.2, 0.25) is 5.02 Å². The number of hydrogen-bond acceptors (Lipinski definition) is 2. The second-order valence-corrected chi connectivity index (χ2v) is 8.41. The molecule has 0 radical (unpaired) electrons. The lowest BCUT2D eigenvalue weighted by molar-refractivity contribution is -0.0957. The molecule has 122 valence electrons.